The van der Waals surface area contributed by atoms with Crippen LogP contribution >= 0.6 is 0 Å². The van der Waals surface area contributed by atoms with Crippen LogP contribution in [0.25, 0.3) is 0 Å². The molecule has 0 bridgehead atoms. The standard InChI is InChI=1S/C9H12NO/c1-3-7-5-8(6-11)10-9(7)4-2/h5,10H,3-4H2,1-2H3. The summed E-state index contributed by atoms with van der Waals surface area (Å²) >= 11 is 0. The third-order valence-corrected chi connectivity index (χ3v) is 1.84. The molecule has 0 fully saturated rings. The van der Waals surface area contributed by atoms with Gasteiger partial charge in [-0.2, -0.15) is 0 Å². The summed E-state index contributed by atoms with van der Waals surface area (Å²) in [6, 6.07) is 1.87. The van der Waals surface area contributed by atoms with Gasteiger partial charge in [-0.15, -0.1) is 0 Å². The fourth-order valence-electron chi connectivity index (χ4n) is 1.23. The smallest absolute Gasteiger partial charge is 0.251 e. The van der Waals surface area contributed by atoms with Crippen LogP contribution in [0.5, 0.6) is 0 Å². The van der Waals surface area contributed by atoms with Crippen molar-refractivity contribution in [3.05, 3.63) is 23.0 Å². The van der Waals surface area contributed by atoms with Crippen LogP contribution in [0.1, 0.15) is 30.8 Å². The van der Waals surface area contributed by atoms with Gasteiger partial charge in [0.05, 0.1) is 5.69 Å². The Bertz CT molecular complexity index is 229. The van der Waals surface area contributed by atoms with Crippen molar-refractivity contribution in [2.75, 3.05) is 0 Å². The highest BCUT2D eigenvalue weighted by atomic mass is 16.1. The van der Waals surface area contributed by atoms with Gasteiger partial charge in [0.15, 0.2) is 0 Å². The number of aromatic amines is 1. The third kappa shape index (κ3) is 1.50. The molecular weight excluding hydrogens is 138 g/mol. The van der Waals surface area contributed by atoms with Gasteiger partial charge in [-0.3, -0.25) is 4.79 Å². The van der Waals surface area contributed by atoms with Crippen molar-refractivity contribution in [2.24, 2.45) is 0 Å². The molecule has 1 N–H and O–H groups in total. The zero-order valence-corrected chi connectivity index (χ0v) is 6.90. The Balaban J connectivity index is 3.01. The zero-order chi connectivity index (χ0) is 8.27. The Kier molecular flexibility index (Phi) is 2.47. The lowest BCUT2D eigenvalue weighted by molar-refractivity contribution is 0.561. The van der Waals surface area contributed by atoms with E-state index in [-0.39, 0.29) is 0 Å². The minimum atomic E-state index is 0.568. The molecular formula is C9H12NO. The van der Waals surface area contributed by atoms with Crippen molar-refractivity contribution in [1.82, 2.24) is 4.98 Å². The second-order valence-corrected chi connectivity index (χ2v) is 2.50. The first kappa shape index (κ1) is 8.05. The molecule has 11 heavy (non-hydrogen) atoms. The Morgan fingerprint density at radius 3 is 2.55 bits per heavy atom. The Labute approximate surface area is 66.6 Å². The summed E-state index contributed by atoms with van der Waals surface area (Å²) in [5.41, 5.74) is 2.95. The summed E-state index contributed by atoms with van der Waals surface area (Å²) in [4.78, 5) is 13.3. The molecule has 2 nitrogen and oxygen atoms in total. The molecule has 2 heteroatoms. The summed E-state index contributed by atoms with van der Waals surface area (Å²) in [6.07, 6.45) is 3.77. The van der Waals surface area contributed by atoms with E-state index in [1.165, 1.54) is 5.56 Å². The first-order valence-electron chi connectivity index (χ1n) is 3.90. The number of rotatable bonds is 3. The van der Waals surface area contributed by atoms with Gasteiger partial charge in [0, 0.05) is 5.69 Å². The van der Waals surface area contributed by atoms with Gasteiger partial charge in [-0.1, -0.05) is 13.8 Å². The van der Waals surface area contributed by atoms with Gasteiger partial charge >= 0.3 is 0 Å². The van der Waals surface area contributed by atoms with Crippen molar-refractivity contribution >= 4 is 6.29 Å². The topological polar surface area (TPSA) is 32.9 Å². The van der Waals surface area contributed by atoms with E-state index < -0.39 is 0 Å². The van der Waals surface area contributed by atoms with Crippen LogP contribution in [0.2, 0.25) is 0 Å². The van der Waals surface area contributed by atoms with Crippen molar-refractivity contribution in [1.29, 1.82) is 0 Å². The van der Waals surface area contributed by atoms with Crippen molar-refractivity contribution in [3.63, 3.8) is 0 Å². The second kappa shape index (κ2) is 3.37. The predicted molar refractivity (Wildman–Crippen MR) is 44.3 cm³/mol. The summed E-state index contributed by atoms with van der Waals surface area (Å²) < 4.78 is 0. The van der Waals surface area contributed by atoms with Crippen LogP contribution in [-0.2, 0) is 17.6 Å². The normalized spacial score (nSPS) is 10.0. The quantitative estimate of drug-likeness (QED) is 0.697. The van der Waals surface area contributed by atoms with Crippen LogP contribution in [0, 0.1) is 0 Å². The van der Waals surface area contributed by atoms with E-state index in [9.17, 15) is 4.79 Å². The molecule has 0 saturated carbocycles. The SMILES string of the molecule is CCc1cc([C]=O)[nH]c1CC. The maximum Gasteiger partial charge on any atom is 0.251 e. The minimum Gasteiger partial charge on any atom is -0.355 e. The molecule has 0 unspecified atom stereocenters. The average molecular weight is 150 g/mol. The molecule has 1 aromatic rings. The number of nitrogens with one attached hydrogen (secondary N) is 1. The van der Waals surface area contributed by atoms with Gasteiger partial charge in [-0.25, -0.2) is 0 Å². The highest BCUT2D eigenvalue weighted by molar-refractivity contribution is 5.73. The molecule has 59 valence electrons. The van der Waals surface area contributed by atoms with E-state index in [2.05, 4.69) is 18.8 Å². The van der Waals surface area contributed by atoms with Crippen LogP contribution in [0.3, 0.4) is 0 Å². The van der Waals surface area contributed by atoms with Crippen molar-refractivity contribution in [3.8, 4) is 0 Å². The average Bonchev–Trinajstić information content (AvgIpc) is 2.46. The number of hydrogen-bond donors (Lipinski definition) is 1. The van der Waals surface area contributed by atoms with Crippen LogP contribution in [-0.4, -0.2) is 11.3 Å². The molecule has 1 aromatic heterocycles. The monoisotopic (exact) mass is 150 g/mol. The van der Waals surface area contributed by atoms with Gasteiger partial charge in [0.25, 0.3) is 6.29 Å². The highest BCUT2D eigenvalue weighted by Gasteiger charge is 2.03. The summed E-state index contributed by atoms with van der Waals surface area (Å²) in [7, 11) is 0. The van der Waals surface area contributed by atoms with E-state index in [1.807, 2.05) is 12.4 Å². The molecule has 0 saturated heterocycles. The molecule has 1 radical (unpaired) electrons. The number of H-pyrrole nitrogens is 1. The first-order chi connectivity index (χ1) is 5.31. The largest absolute Gasteiger partial charge is 0.355 e. The lowest BCUT2D eigenvalue weighted by Gasteiger charge is -1.94. The van der Waals surface area contributed by atoms with Crippen LogP contribution < -0.4 is 0 Å². The third-order valence-electron chi connectivity index (χ3n) is 1.84. The molecule has 0 spiro atoms. The van der Waals surface area contributed by atoms with Gasteiger partial charge in [-0.05, 0) is 24.5 Å². The molecule has 0 amide bonds. The summed E-state index contributed by atoms with van der Waals surface area (Å²) in [5.74, 6) is 0. The van der Waals surface area contributed by atoms with Gasteiger partial charge in [0.1, 0.15) is 0 Å². The Morgan fingerprint density at radius 1 is 1.45 bits per heavy atom. The van der Waals surface area contributed by atoms with E-state index in [4.69, 9.17) is 0 Å². The summed E-state index contributed by atoms with van der Waals surface area (Å²) in [6.45, 7) is 4.15. The van der Waals surface area contributed by atoms with E-state index >= 15 is 0 Å². The number of aryl methyl sites for hydroxylation is 2. The van der Waals surface area contributed by atoms with E-state index in [1.54, 1.807) is 0 Å². The molecule has 1 heterocycles. The van der Waals surface area contributed by atoms with Crippen LogP contribution in [0.4, 0.5) is 0 Å². The van der Waals surface area contributed by atoms with Gasteiger partial charge in [0.2, 0.25) is 0 Å². The second-order valence-electron chi connectivity index (χ2n) is 2.50. The highest BCUT2D eigenvalue weighted by Crippen LogP contribution is 2.10. The first-order valence-corrected chi connectivity index (χ1v) is 3.90. The summed E-state index contributed by atoms with van der Waals surface area (Å²) in [5, 5.41) is 0. The zero-order valence-electron chi connectivity index (χ0n) is 6.90. The maximum atomic E-state index is 10.2. The van der Waals surface area contributed by atoms with E-state index in [0.29, 0.717) is 5.69 Å². The van der Waals surface area contributed by atoms with Crippen molar-refractivity contribution < 1.29 is 4.79 Å². The molecule has 0 atom stereocenters. The number of carbonyl (C=O) groups excluding carboxylic acids is 1. The lowest BCUT2D eigenvalue weighted by atomic mass is 10.1. The van der Waals surface area contributed by atoms with Crippen molar-refractivity contribution in [2.45, 2.75) is 26.7 Å². The number of aromatic nitrogens is 1. The number of hydrogen-bond acceptors (Lipinski definition) is 1. The Hall–Kier alpha value is -1.05. The predicted octanol–water partition coefficient (Wildman–Crippen LogP) is 1.60. The lowest BCUT2D eigenvalue weighted by Crippen LogP contribution is -1.86. The van der Waals surface area contributed by atoms with Crippen LogP contribution in [0.15, 0.2) is 6.07 Å². The molecule has 0 aliphatic carbocycles. The molecule has 0 aromatic carbocycles. The molecule has 1 rings (SSSR count). The molecule has 0 aliphatic rings. The van der Waals surface area contributed by atoms with E-state index in [0.717, 1.165) is 18.5 Å². The fraction of sp³-hybridized carbons (Fsp3) is 0.444. The fourth-order valence-corrected chi connectivity index (χ4v) is 1.23. The molecule has 0 aliphatic heterocycles. The Morgan fingerprint density at radius 2 is 2.18 bits per heavy atom. The minimum absolute atomic E-state index is 0.568. The van der Waals surface area contributed by atoms with Gasteiger partial charge < -0.3 is 4.98 Å². The maximum absolute atomic E-state index is 10.2.